The molecule has 2 aromatic rings. The largest absolute Gasteiger partial charge is 0.347 e. The van der Waals surface area contributed by atoms with Crippen LogP contribution in [0.3, 0.4) is 0 Å². The Bertz CT molecular complexity index is 689. The molecule has 0 aromatic carbocycles. The number of amides is 2. The standard InChI is InChI=1S/C17H25N7O/c1-24(2)16-18-10-14(11-19-16)20-17(25)21-15-9-13(22-23-15)8-12-6-4-3-5-7-12/h9-12H,3-8H2,1-2H3,(H3,20,21,22,23,25). The summed E-state index contributed by atoms with van der Waals surface area (Å²) >= 11 is 0. The lowest BCUT2D eigenvalue weighted by Gasteiger charge is -2.20. The van der Waals surface area contributed by atoms with E-state index in [2.05, 4.69) is 30.8 Å². The molecule has 1 saturated carbocycles. The first-order valence-corrected chi connectivity index (χ1v) is 8.72. The minimum Gasteiger partial charge on any atom is -0.347 e. The molecule has 0 spiro atoms. The van der Waals surface area contributed by atoms with Gasteiger partial charge in [-0.3, -0.25) is 10.4 Å². The normalized spacial score (nSPS) is 15.0. The van der Waals surface area contributed by atoms with Crippen LogP contribution in [-0.2, 0) is 6.42 Å². The Labute approximate surface area is 147 Å². The van der Waals surface area contributed by atoms with Crippen molar-refractivity contribution in [1.82, 2.24) is 20.2 Å². The first kappa shape index (κ1) is 17.2. The van der Waals surface area contributed by atoms with Crippen molar-refractivity contribution in [1.29, 1.82) is 0 Å². The average Bonchev–Trinajstić information content (AvgIpc) is 3.03. The fourth-order valence-corrected chi connectivity index (χ4v) is 3.13. The summed E-state index contributed by atoms with van der Waals surface area (Å²) in [4.78, 5) is 22.2. The molecule has 3 N–H and O–H groups in total. The molecule has 0 radical (unpaired) electrons. The van der Waals surface area contributed by atoms with Crippen LogP contribution < -0.4 is 15.5 Å². The van der Waals surface area contributed by atoms with E-state index in [-0.39, 0.29) is 6.03 Å². The van der Waals surface area contributed by atoms with Gasteiger partial charge >= 0.3 is 6.03 Å². The Kier molecular flexibility index (Phi) is 5.47. The fraction of sp³-hybridized carbons (Fsp3) is 0.529. The number of hydrogen-bond donors (Lipinski definition) is 3. The molecule has 0 atom stereocenters. The summed E-state index contributed by atoms with van der Waals surface area (Å²) in [6.45, 7) is 0. The molecule has 134 valence electrons. The van der Waals surface area contributed by atoms with Gasteiger partial charge < -0.3 is 10.2 Å². The molecule has 0 saturated heterocycles. The van der Waals surface area contributed by atoms with Crippen molar-refractivity contribution >= 4 is 23.5 Å². The molecule has 0 unspecified atom stereocenters. The van der Waals surface area contributed by atoms with Crippen LogP contribution in [0.5, 0.6) is 0 Å². The molecule has 25 heavy (non-hydrogen) atoms. The lowest BCUT2D eigenvalue weighted by atomic mass is 9.86. The number of anilines is 3. The molecule has 2 amide bonds. The summed E-state index contributed by atoms with van der Waals surface area (Å²) in [5.74, 6) is 1.84. The van der Waals surface area contributed by atoms with Crippen LogP contribution in [-0.4, -0.2) is 40.3 Å². The van der Waals surface area contributed by atoms with Crippen LogP contribution in [0, 0.1) is 5.92 Å². The third-order valence-electron chi connectivity index (χ3n) is 4.40. The quantitative estimate of drug-likeness (QED) is 0.775. The summed E-state index contributed by atoms with van der Waals surface area (Å²) < 4.78 is 0. The molecule has 1 fully saturated rings. The van der Waals surface area contributed by atoms with E-state index in [0.29, 0.717) is 17.5 Å². The average molecular weight is 343 g/mol. The Hall–Kier alpha value is -2.64. The van der Waals surface area contributed by atoms with Crippen molar-refractivity contribution in [3.05, 3.63) is 24.2 Å². The number of nitrogens with zero attached hydrogens (tertiary/aromatic N) is 4. The van der Waals surface area contributed by atoms with Gasteiger partial charge in [0.25, 0.3) is 0 Å². The minimum atomic E-state index is -0.364. The maximum Gasteiger partial charge on any atom is 0.324 e. The van der Waals surface area contributed by atoms with Gasteiger partial charge in [0.15, 0.2) is 5.82 Å². The molecule has 3 rings (SSSR count). The number of rotatable bonds is 5. The minimum absolute atomic E-state index is 0.364. The molecule has 0 bridgehead atoms. The van der Waals surface area contributed by atoms with Gasteiger partial charge in [0.2, 0.25) is 5.95 Å². The van der Waals surface area contributed by atoms with Gasteiger partial charge in [-0.15, -0.1) is 0 Å². The number of carbonyl (C=O) groups excluding carboxylic acids is 1. The van der Waals surface area contributed by atoms with E-state index in [4.69, 9.17) is 0 Å². The molecule has 8 heteroatoms. The van der Waals surface area contributed by atoms with Gasteiger partial charge in [-0.05, 0) is 12.3 Å². The zero-order valence-electron chi connectivity index (χ0n) is 14.7. The third kappa shape index (κ3) is 4.91. The highest BCUT2D eigenvalue weighted by molar-refractivity contribution is 5.98. The van der Waals surface area contributed by atoms with Gasteiger partial charge in [0.1, 0.15) is 0 Å². The van der Waals surface area contributed by atoms with E-state index >= 15 is 0 Å². The number of hydrogen-bond acceptors (Lipinski definition) is 5. The maximum absolute atomic E-state index is 12.1. The maximum atomic E-state index is 12.1. The highest BCUT2D eigenvalue weighted by atomic mass is 16.2. The molecular formula is C17H25N7O. The first-order chi connectivity index (χ1) is 12.1. The molecule has 0 aliphatic heterocycles. The number of carbonyl (C=O) groups is 1. The number of urea groups is 1. The van der Waals surface area contributed by atoms with Crippen LogP contribution in [0.15, 0.2) is 18.5 Å². The second-order valence-electron chi connectivity index (χ2n) is 6.73. The van der Waals surface area contributed by atoms with Crippen molar-refractivity contribution in [2.24, 2.45) is 5.92 Å². The van der Waals surface area contributed by atoms with Crippen molar-refractivity contribution in [3.63, 3.8) is 0 Å². The Morgan fingerprint density at radius 1 is 1.20 bits per heavy atom. The monoisotopic (exact) mass is 343 g/mol. The molecule has 1 aliphatic carbocycles. The fourth-order valence-electron chi connectivity index (χ4n) is 3.13. The van der Waals surface area contributed by atoms with E-state index in [1.165, 1.54) is 32.1 Å². The Balaban J connectivity index is 1.50. The van der Waals surface area contributed by atoms with Gasteiger partial charge in [0, 0.05) is 25.9 Å². The Morgan fingerprint density at radius 3 is 2.60 bits per heavy atom. The summed E-state index contributed by atoms with van der Waals surface area (Å²) in [5, 5.41) is 12.6. The topological polar surface area (TPSA) is 98.8 Å². The number of aromatic nitrogens is 4. The van der Waals surface area contributed by atoms with E-state index in [9.17, 15) is 4.79 Å². The van der Waals surface area contributed by atoms with E-state index in [1.807, 2.05) is 20.2 Å². The summed E-state index contributed by atoms with van der Waals surface area (Å²) in [6.07, 6.45) is 10.7. The number of nitrogens with one attached hydrogen (secondary N) is 3. The predicted molar refractivity (Wildman–Crippen MR) is 97.9 cm³/mol. The Morgan fingerprint density at radius 2 is 1.92 bits per heavy atom. The van der Waals surface area contributed by atoms with E-state index in [1.54, 1.807) is 17.3 Å². The zero-order chi connectivity index (χ0) is 17.6. The highest BCUT2D eigenvalue weighted by Gasteiger charge is 2.15. The van der Waals surface area contributed by atoms with Crippen LogP contribution in [0.4, 0.5) is 22.2 Å². The molecular weight excluding hydrogens is 318 g/mol. The van der Waals surface area contributed by atoms with Crippen molar-refractivity contribution in [2.75, 3.05) is 29.6 Å². The smallest absolute Gasteiger partial charge is 0.324 e. The van der Waals surface area contributed by atoms with Crippen LogP contribution in [0.2, 0.25) is 0 Å². The van der Waals surface area contributed by atoms with Gasteiger partial charge in [0.05, 0.1) is 18.1 Å². The summed E-state index contributed by atoms with van der Waals surface area (Å²) in [7, 11) is 3.72. The van der Waals surface area contributed by atoms with Gasteiger partial charge in [-0.1, -0.05) is 32.1 Å². The van der Waals surface area contributed by atoms with E-state index < -0.39 is 0 Å². The molecule has 2 heterocycles. The highest BCUT2D eigenvalue weighted by Crippen LogP contribution is 2.26. The van der Waals surface area contributed by atoms with Gasteiger partial charge in [-0.2, -0.15) is 5.10 Å². The van der Waals surface area contributed by atoms with Crippen LogP contribution in [0.25, 0.3) is 0 Å². The number of H-pyrrole nitrogens is 1. The van der Waals surface area contributed by atoms with Crippen LogP contribution in [0.1, 0.15) is 37.8 Å². The lowest BCUT2D eigenvalue weighted by molar-refractivity contribution is 0.262. The second-order valence-corrected chi connectivity index (χ2v) is 6.73. The van der Waals surface area contributed by atoms with Crippen molar-refractivity contribution in [3.8, 4) is 0 Å². The summed E-state index contributed by atoms with van der Waals surface area (Å²) in [6, 6.07) is 1.54. The molecule has 2 aromatic heterocycles. The molecule has 8 nitrogen and oxygen atoms in total. The zero-order valence-corrected chi connectivity index (χ0v) is 14.7. The SMILES string of the molecule is CN(C)c1ncc(NC(=O)Nc2cc(CC3CCCCC3)[nH]n2)cn1. The van der Waals surface area contributed by atoms with Crippen LogP contribution >= 0.6 is 0 Å². The van der Waals surface area contributed by atoms with E-state index in [0.717, 1.165) is 18.0 Å². The molecule has 1 aliphatic rings. The predicted octanol–water partition coefficient (Wildman–Crippen LogP) is 3.03. The summed E-state index contributed by atoms with van der Waals surface area (Å²) in [5.41, 5.74) is 1.60. The van der Waals surface area contributed by atoms with Gasteiger partial charge in [-0.25, -0.2) is 14.8 Å². The lowest BCUT2D eigenvalue weighted by Crippen LogP contribution is -2.20. The first-order valence-electron chi connectivity index (χ1n) is 8.72. The van der Waals surface area contributed by atoms with Crippen molar-refractivity contribution < 1.29 is 4.79 Å². The van der Waals surface area contributed by atoms with Crippen molar-refractivity contribution in [2.45, 2.75) is 38.5 Å². The second kappa shape index (κ2) is 7.96. The third-order valence-corrected chi connectivity index (χ3v) is 4.40. The number of aromatic amines is 1.